The van der Waals surface area contributed by atoms with Crippen LogP contribution in [0.5, 0.6) is 0 Å². The number of nitrogens with two attached hydrogens (primary N) is 3. The molecule has 0 heterocycles. The van der Waals surface area contributed by atoms with Crippen LogP contribution < -0.4 is 33.2 Å². The summed E-state index contributed by atoms with van der Waals surface area (Å²) in [5, 5.41) is 16.2. The molecule has 5 atom stereocenters. The minimum absolute atomic E-state index is 0.107. The van der Waals surface area contributed by atoms with Crippen molar-refractivity contribution in [1.29, 1.82) is 0 Å². The number of hydrogen-bond acceptors (Lipinski definition) is 7. The number of rotatable bonds is 15. The first-order valence-corrected chi connectivity index (χ1v) is 10.7. The molecule has 5 amide bonds. The van der Waals surface area contributed by atoms with Crippen LogP contribution >= 0.6 is 0 Å². The molecule has 0 aliphatic carbocycles. The van der Waals surface area contributed by atoms with E-state index in [1.54, 1.807) is 13.8 Å². The SMILES string of the molecule is CCC(C)C(NC(=O)C(CC(N)=O)NC(=O)C(N)CC(C)C)C(=O)NC(CC(N)=O)C(=O)O. The van der Waals surface area contributed by atoms with E-state index >= 15 is 0 Å². The highest BCUT2D eigenvalue weighted by atomic mass is 16.4. The lowest BCUT2D eigenvalue weighted by molar-refractivity contribution is -0.144. The van der Waals surface area contributed by atoms with Crippen molar-refractivity contribution < 1.29 is 33.9 Å². The summed E-state index contributed by atoms with van der Waals surface area (Å²) in [6.45, 7) is 7.09. The van der Waals surface area contributed by atoms with Crippen LogP contribution in [0.15, 0.2) is 0 Å². The van der Waals surface area contributed by atoms with Crippen LogP contribution in [-0.2, 0) is 28.8 Å². The van der Waals surface area contributed by atoms with Crippen molar-refractivity contribution >= 4 is 35.5 Å². The molecule has 0 saturated heterocycles. The number of aliphatic carboxylic acids is 1. The van der Waals surface area contributed by atoms with Gasteiger partial charge in [-0.3, -0.25) is 24.0 Å². The lowest BCUT2D eigenvalue weighted by Gasteiger charge is -2.27. The van der Waals surface area contributed by atoms with Gasteiger partial charge < -0.3 is 38.3 Å². The zero-order valence-electron chi connectivity index (χ0n) is 19.4. The maximum atomic E-state index is 12.8. The lowest BCUT2D eigenvalue weighted by atomic mass is 9.97. The molecule has 33 heavy (non-hydrogen) atoms. The molecule has 0 aromatic heterocycles. The average Bonchev–Trinajstić information content (AvgIpc) is 2.68. The van der Waals surface area contributed by atoms with Crippen molar-refractivity contribution in [2.45, 2.75) is 77.5 Å². The van der Waals surface area contributed by atoms with Gasteiger partial charge in [-0.1, -0.05) is 34.1 Å². The fourth-order valence-electron chi connectivity index (χ4n) is 2.92. The van der Waals surface area contributed by atoms with Crippen LogP contribution in [0.25, 0.3) is 0 Å². The first-order chi connectivity index (χ1) is 15.2. The van der Waals surface area contributed by atoms with Crippen LogP contribution in [0.1, 0.15) is 53.4 Å². The summed E-state index contributed by atoms with van der Waals surface area (Å²) in [6, 6.07) is -5.14. The number of carboxylic acids is 1. The fraction of sp³-hybridized carbons (Fsp3) is 0.700. The summed E-state index contributed by atoms with van der Waals surface area (Å²) in [5.41, 5.74) is 16.0. The van der Waals surface area contributed by atoms with Crippen LogP contribution in [0, 0.1) is 11.8 Å². The summed E-state index contributed by atoms with van der Waals surface area (Å²) in [5.74, 6) is -6.05. The molecule has 0 spiro atoms. The Morgan fingerprint density at radius 3 is 1.70 bits per heavy atom. The number of primary amides is 2. The Bertz CT molecular complexity index is 742. The van der Waals surface area contributed by atoms with Crippen LogP contribution in [-0.4, -0.2) is 64.8 Å². The normalized spacial score (nSPS) is 15.5. The molecule has 0 radical (unpaired) electrons. The number of nitrogens with one attached hydrogen (secondary N) is 3. The highest BCUT2D eigenvalue weighted by Crippen LogP contribution is 2.10. The van der Waals surface area contributed by atoms with E-state index in [2.05, 4.69) is 16.0 Å². The van der Waals surface area contributed by atoms with Crippen LogP contribution in [0.3, 0.4) is 0 Å². The monoisotopic (exact) mass is 472 g/mol. The quantitative estimate of drug-likeness (QED) is 0.136. The number of amides is 5. The molecular weight excluding hydrogens is 436 g/mol. The third kappa shape index (κ3) is 11.3. The van der Waals surface area contributed by atoms with E-state index in [9.17, 15) is 33.9 Å². The number of carboxylic acid groups (broad SMARTS) is 1. The van der Waals surface area contributed by atoms with Gasteiger partial charge in [0.15, 0.2) is 0 Å². The second-order valence-corrected chi connectivity index (χ2v) is 8.41. The Hall–Kier alpha value is -3.22. The summed E-state index contributed by atoms with van der Waals surface area (Å²) < 4.78 is 0. The van der Waals surface area contributed by atoms with Gasteiger partial charge in [-0.2, -0.15) is 0 Å². The number of carbonyl (C=O) groups is 6. The summed E-state index contributed by atoms with van der Waals surface area (Å²) >= 11 is 0. The second kappa shape index (κ2) is 14.0. The van der Waals surface area contributed by atoms with Gasteiger partial charge >= 0.3 is 5.97 Å². The Kier molecular flexibility index (Phi) is 12.7. The van der Waals surface area contributed by atoms with Gasteiger partial charge in [-0.15, -0.1) is 0 Å². The molecular formula is C20H36N6O7. The molecule has 0 fully saturated rings. The van der Waals surface area contributed by atoms with Gasteiger partial charge in [-0.25, -0.2) is 4.79 Å². The molecule has 0 aliphatic heterocycles. The summed E-state index contributed by atoms with van der Waals surface area (Å²) in [6.07, 6.45) is -0.431. The minimum Gasteiger partial charge on any atom is -0.480 e. The fourth-order valence-corrected chi connectivity index (χ4v) is 2.92. The van der Waals surface area contributed by atoms with Gasteiger partial charge in [-0.05, 0) is 18.3 Å². The first kappa shape index (κ1) is 29.8. The third-order valence-electron chi connectivity index (χ3n) is 4.91. The Morgan fingerprint density at radius 2 is 1.27 bits per heavy atom. The summed E-state index contributed by atoms with van der Waals surface area (Å²) in [4.78, 5) is 71.8. The summed E-state index contributed by atoms with van der Waals surface area (Å²) in [7, 11) is 0. The van der Waals surface area contributed by atoms with E-state index in [1.165, 1.54) is 0 Å². The van der Waals surface area contributed by atoms with E-state index in [4.69, 9.17) is 17.2 Å². The molecule has 188 valence electrons. The molecule has 10 N–H and O–H groups in total. The van der Waals surface area contributed by atoms with Crippen molar-refractivity contribution in [3.8, 4) is 0 Å². The third-order valence-corrected chi connectivity index (χ3v) is 4.91. The first-order valence-electron chi connectivity index (χ1n) is 10.7. The zero-order valence-corrected chi connectivity index (χ0v) is 19.4. The molecule has 0 bridgehead atoms. The lowest BCUT2D eigenvalue weighted by Crippen LogP contribution is -2.59. The topological polar surface area (TPSA) is 237 Å². The van der Waals surface area contributed by atoms with Crippen molar-refractivity contribution in [1.82, 2.24) is 16.0 Å². The molecule has 0 saturated carbocycles. The standard InChI is InChI=1S/C20H36N6O7/c1-5-10(4)16(19(31)25-13(20(32)33)8-15(23)28)26-18(30)12(7-14(22)27)24-17(29)11(21)6-9(2)3/h9-13,16H,5-8,21H2,1-4H3,(H2,22,27)(H2,23,28)(H,24,29)(H,25,31)(H,26,30)(H,32,33). The van der Waals surface area contributed by atoms with Gasteiger partial charge in [0.05, 0.1) is 18.9 Å². The van der Waals surface area contributed by atoms with Gasteiger partial charge in [0.1, 0.15) is 18.1 Å². The molecule has 5 unspecified atom stereocenters. The van der Waals surface area contributed by atoms with Gasteiger partial charge in [0, 0.05) is 0 Å². The van der Waals surface area contributed by atoms with E-state index in [0.29, 0.717) is 12.8 Å². The maximum absolute atomic E-state index is 12.8. The van der Waals surface area contributed by atoms with E-state index in [1.807, 2.05) is 13.8 Å². The predicted octanol–water partition coefficient (Wildman–Crippen LogP) is -2.30. The van der Waals surface area contributed by atoms with E-state index in [-0.39, 0.29) is 5.92 Å². The Morgan fingerprint density at radius 1 is 0.788 bits per heavy atom. The molecule has 13 heteroatoms. The average molecular weight is 473 g/mol. The number of carbonyl (C=O) groups excluding carboxylic acids is 5. The molecule has 0 aliphatic rings. The van der Waals surface area contributed by atoms with Gasteiger partial charge in [0.2, 0.25) is 29.5 Å². The van der Waals surface area contributed by atoms with Crippen molar-refractivity contribution in [2.75, 3.05) is 0 Å². The second-order valence-electron chi connectivity index (χ2n) is 8.41. The molecule has 13 nitrogen and oxygen atoms in total. The van der Waals surface area contributed by atoms with Crippen LogP contribution in [0.4, 0.5) is 0 Å². The number of hydrogen-bond donors (Lipinski definition) is 7. The van der Waals surface area contributed by atoms with Crippen molar-refractivity contribution in [2.24, 2.45) is 29.0 Å². The smallest absolute Gasteiger partial charge is 0.326 e. The van der Waals surface area contributed by atoms with E-state index in [0.717, 1.165) is 0 Å². The van der Waals surface area contributed by atoms with E-state index < -0.39 is 78.4 Å². The Balaban J connectivity index is 5.59. The molecule has 0 aromatic rings. The Labute approximate surface area is 192 Å². The molecule has 0 aromatic carbocycles. The highest BCUT2D eigenvalue weighted by molar-refractivity contribution is 5.96. The van der Waals surface area contributed by atoms with Crippen molar-refractivity contribution in [3.05, 3.63) is 0 Å². The largest absolute Gasteiger partial charge is 0.480 e. The minimum atomic E-state index is -1.59. The highest BCUT2D eigenvalue weighted by Gasteiger charge is 2.33. The predicted molar refractivity (Wildman–Crippen MR) is 118 cm³/mol. The molecule has 0 rings (SSSR count). The van der Waals surface area contributed by atoms with Crippen LogP contribution in [0.2, 0.25) is 0 Å². The van der Waals surface area contributed by atoms with Crippen molar-refractivity contribution in [3.63, 3.8) is 0 Å². The zero-order chi connectivity index (χ0) is 25.9. The van der Waals surface area contributed by atoms with Gasteiger partial charge in [0.25, 0.3) is 0 Å². The maximum Gasteiger partial charge on any atom is 0.326 e.